The van der Waals surface area contributed by atoms with Crippen molar-refractivity contribution in [1.82, 2.24) is 0 Å². The van der Waals surface area contributed by atoms with Gasteiger partial charge in [0.25, 0.3) is 0 Å². The lowest BCUT2D eigenvalue weighted by Gasteiger charge is -2.32. The molecule has 1 fully saturated rings. The third-order valence-electron chi connectivity index (χ3n) is 3.53. The Hall–Kier alpha value is -0.535. The molecule has 1 saturated heterocycles. The molecule has 0 atom stereocenters. The Morgan fingerprint density at radius 2 is 1.29 bits per heavy atom. The molecule has 0 spiro atoms. The number of rotatable bonds is 2. The van der Waals surface area contributed by atoms with Gasteiger partial charge in [-0.3, -0.25) is 0 Å². The van der Waals surface area contributed by atoms with E-state index in [1.54, 1.807) is 0 Å². The van der Waals surface area contributed by atoms with Crippen molar-refractivity contribution in [3.63, 3.8) is 0 Å². The van der Waals surface area contributed by atoms with Gasteiger partial charge in [-0.15, -0.1) is 0 Å². The molecule has 2 nitrogen and oxygen atoms in total. The fraction of sp³-hybridized carbons (Fsp3) is 0.714. The van der Waals surface area contributed by atoms with E-state index in [-0.39, 0.29) is 18.3 Å². The van der Waals surface area contributed by atoms with Crippen LogP contribution in [-0.4, -0.2) is 18.3 Å². The summed E-state index contributed by atoms with van der Waals surface area (Å²) in [5, 5.41) is 0. The zero-order valence-corrected chi connectivity index (χ0v) is 12.5. The highest BCUT2D eigenvalue weighted by Crippen LogP contribution is 2.39. The number of hydrogen-bond donors (Lipinski definition) is 0. The molecular formula is C14H25BO2. The van der Waals surface area contributed by atoms with Crippen molar-refractivity contribution in [2.75, 3.05) is 0 Å². The lowest BCUT2D eigenvalue weighted by molar-refractivity contribution is 0.00578. The third kappa shape index (κ3) is 3.02. The first kappa shape index (κ1) is 14.5. The summed E-state index contributed by atoms with van der Waals surface area (Å²) in [6.45, 7) is 16.7. The Labute approximate surface area is 106 Å². The fourth-order valence-electron chi connectivity index (χ4n) is 1.73. The summed E-state index contributed by atoms with van der Waals surface area (Å²) in [4.78, 5) is 0. The van der Waals surface area contributed by atoms with Gasteiger partial charge in [0.1, 0.15) is 0 Å². The summed E-state index contributed by atoms with van der Waals surface area (Å²) in [5.74, 6) is 0. The topological polar surface area (TPSA) is 18.5 Å². The molecule has 17 heavy (non-hydrogen) atoms. The SMILES string of the molecule is CC(C)=CC(B1OC(C)(C)C(C)(C)O1)=C(C)C. The second-order valence-electron chi connectivity index (χ2n) is 6.27. The van der Waals surface area contributed by atoms with Crippen molar-refractivity contribution in [2.45, 2.75) is 66.6 Å². The zero-order valence-electron chi connectivity index (χ0n) is 12.5. The largest absolute Gasteiger partial charge is 0.494 e. The van der Waals surface area contributed by atoms with Gasteiger partial charge >= 0.3 is 7.12 Å². The minimum absolute atomic E-state index is 0.250. The molecule has 1 aliphatic rings. The molecule has 1 heterocycles. The molecule has 0 aromatic carbocycles. The highest BCUT2D eigenvalue weighted by molar-refractivity contribution is 6.55. The van der Waals surface area contributed by atoms with Crippen LogP contribution in [0.5, 0.6) is 0 Å². The van der Waals surface area contributed by atoms with E-state index in [2.05, 4.69) is 61.5 Å². The Bertz CT molecular complexity index is 340. The molecule has 0 amide bonds. The van der Waals surface area contributed by atoms with Gasteiger partial charge in [-0.2, -0.15) is 0 Å². The first-order valence-corrected chi connectivity index (χ1v) is 6.25. The third-order valence-corrected chi connectivity index (χ3v) is 3.53. The average Bonchev–Trinajstić information content (AvgIpc) is 2.31. The second kappa shape index (κ2) is 4.62. The summed E-state index contributed by atoms with van der Waals surface area (Å²) >= 11 is 0. The Kier molecular flexibility index (Phi) is 3.95. The van der Waals surface area contributed by atoms with Crippen molar-refractivity contribution in [3.8, 4) is 0 Å². The van der Waals surface area contributed by atoms with Crippen LogP contribution >= 0.6 is 0 Å². The van der Waals surface area contributed by atoms with E-state index < -0.39 is 0 Å². The van der Waals surface area contributed by atoms with Crippen molar-refractivity contribution in [2.24, 2.45) is 0 Å². The highest BCUT2D eigenvalue weighted by atomic mass is 16.7. The summed E-state index contributed by atoms with van der Waals surface area (Å²) in [6, 6.07) is 0. The molecule has 96 valence electrons. The van der Waals surface area contributed by atoms with Crippen LogP contribution in [0, 0.1) is 0 Å². The van der Waals surface area contributed by atoms with Crippen LogP contribution in [0.3, 0.4) is 0 Å². The average molecular weight is 236 g/mol. The maximum atomic E-state index is 6.06. The van der Waals surface area contributed by atoms with Crippen LogP contribution in [-0.2, 0) is 9.31 Å². The molecule has 0 aromatic rings. The lowest BCUT2D eigenvalue weighted by Crippen LogP contribution is -2.41. The molecule has 0 radical (unpaired) electrons. The summed E-state index contributed by atoms with van der Waals surface area (Å²) in [6.07, 6.45) is 2.15. The molecule has 3 heteroatoms. The molecule has 0 N–H and O–H groups in total. The molecule has 1 rings (SSSR count). The van der Waals surface area contributed by atoms with Gasteiger partial charge < -0.3 is 9.31 Å². The first-order chi connectivity index (χ1) is 7.57. The summed E-state index contributed by atoms with van der Waals surface area (Å²) in [7, 11) is -0.250. The van der Waals surface area contributed by atoms with Crippen molar-refractivity contribution in [3.05, 3.63) is 22.7 Å². The Balaban J connectivity index is 3.05. The van der Waals surface area contributed by atoms with Crippen molar-refractivity contribution < 1.29 is 9.31 Å². The van der Waals surface area contributed by atoms with Crippen molar-refractivity contribution >= 4 is 7.12 Å². The fourth-order valence-corrected chi connectivity index (χ4v) is 1.73. The molecule has 0 bridgehead atoms. The summed E-state index contributed by atoms with van der Waals surface area (Å²) < 4.78 is 12.1. The van der Waals surface area contributed by atoms with E-state index in [0.29, 0.717) is 0 Å². The van der Waals surface area contributed by atoms with E-state index in [1.807, 2.05) is 0 Å². The van der Waals surface area contributed by atoms with Crippen LogP contribution in [0.1, 0.15) is 55.4 Å². The van der Waals surface area contributed by atoms with Gasteiger partial charge in [-0.05, 0) is 60.9 Å². The Morgan fingerprint density at radius 1 is 0.882 bits per heavy atom. The van der Waals surface area contributed by atoms with Crippen LogP contribution in [0.4, 0.5) is 0 Å². The Morgan fingerprint density at radius 3 is 1.59 bits per heavy atom. The minimum Gasteiger partial charge on any atom is -0.399 e. The normalized spacial score (nSPS) is 21.3. The van der Waals surface area contributed by atoms with E-state index in [1.165, 1.54) is 11.1 Å². The van der Waals surface area contributed by atoms with Crippen LogP contribution in [0.15, 0.2) is 22.7 Å². The second-order valence-corrected chi connectivity index (χ2v) is 6.27. The molecule has 0 unspecified atom stereocenters. The smallest absolute Gasteiger partial charge is 0.399 e. The molecule has 0 aromatic heterocycles. The van der Waals surface area contributed by atoms with Gasteiger partial charge in [0.05, 0.1) is 11.2 Å². The summed E-state index contributed by atoms with van der Waals surface area (Å²) in [5.41, 5.74) is 3.10. The predicted molar refractivity (Wildman–Crippen MR) is 73.9 cm³/mol. The van der Waals surface area contributed by atoms with Crippen molar-refractivity contribution in [1.29, 1.82) is 0 Å². The van der Waals surface area contributed by atoms with Crippen LogP contribution in [0.2, 0.25) is 0 Å². The van der Waals surface area contributed by atoms with Crippen LogP contribution < -0.4 is 0 Å². The molecule has 1 aliphatic heterocycles. The van der Waals surface area contributed by atoms with Gasteiger partial charge in [0, 0.05) is 0 Å². The van der Waals surface area contributed by atoms with Gasteiger partial charge in [0.15, 0.2) is 0 Å². The quantitative estimate of drug-likeness (QED) is 0.534. The van der Waals surface area contributed by atoms with Gasteiger partial charge in [-0.1, -0.05) is 17.2 Å². The minimum atomic E-state index is -0.270. The van der Waals surface area contributed by atoms with E-state index in [4.69, 9.17) is 9.31 Å². The zero-order chi connectivity index (χ0) is 13.4. The molecular weight excluding hydrogens is 211 g/mol. The predicted octanol–water partition coefficient (Wildman–Crippen LogP) is 3.92. The van der Waals surface area contributed by atoms with Gasteiger partial charge in [0.2, 0.25) is 0 Å². The molecule has 0 aliphatic carbocycles. The van der Waals surface area contributed by atoms with Crippen LogP contribution in [0.25, 0.3) is 0 Å². The highest BCUT2D eigenvalue weighted by Gasteiger charge is 2.52. The number of allylic oxidation sites excluding steroid dienone is 4. The molecule has 0 saturated carbocycles. The monoisotopic (exact) mass is 236 g/mol. The van der Waals surface area contributed by atoms with E-state index in [0.717, 1.165) is 5.47 Å². The van der Waals surface area contributed by atoms with Gasteiger partial charge in [-0.25, -0.2) is 0 Å². The maximum Gasteiger partial charge on any atom is 0.494 e. The number of hydrogen-bond acceptors (Lipinski definition) is 2. The van der Waals surface area contributed by atoms with E-state index in [9.17, 15) is 0 Å². The van der Waals surface area contributed by atoms with E-state index >= 15 is 0 Å². The first-order valence-electron chi connectivity index (χ1n) is 6.25. The maximum absolute atomic E-state index is 6.06. The standard InChI is InChI=1S/C14H25BO2/c1-10(2)9-12(11(3)4)15-16-13(5,6)14(7,8)17-15/h9H,1-8H3. The lowest BCUT2D eigenvalue weighted by atomic mass is 9.75.